The van der Waals surface area contributed by atoms with Crippen LogP contribution in [0.1, 0.15) is 11.1 Å². The van der Waals surface area contributed by atoms with E-state index in [1.807, 2.05) is 49.3 Å². The van der Waals surface area contributed by atoms with Gasteiger partial charge in [-0.1, -0.05) is 36.4 Å². The third-order valence-electron chi connectivity index (χ3n) is 4.82. The highest BCUT2D eigenvalue weighted by molar-refractivity contribution is 5.74. The van der Waals surface area contributed by atoms with Crippen molar-refractivity contribution in [2.75, 3.05) is 45.2 Å². The summed E-state index contributed by atoms with van der Waals surface area (Å²) >= 11 is 0. The van der Waals surface area contributed by atoms with E-state index < -0.39 is 0 Å². The van der Waals surface area contributed by atoms with Crippen LogP contribution in [0.4, 0.5) is 10.5 Å². The summed E-state index contributed by atoms with van der Waals surface area (Å²) in [6.45, 7) is 4.08. The van der Waals surface area contributed by atoms with Crippen molar-refractivity contribution in [3.63, 3.8) is 0 Å². The van der Waals surface area contributed by atoms with Gasteiger partial charge < -0.3 is 25.1 Å². The quantitative estimate of drug-likeness (QED) is 0.851. The molecule has 2 amide bonds. The molecule has 1 fully saturated rings. The molecule has 0 spiro atoms. The van der Waals surface area contributed by atoms with Gasteiger partial charge in [-0.05, 0) is 37.4 Å². The fourth-order valence-electron chi connectivity index (χ4n) is 3.39. The van der Waals surface area contributed by atoms with Crippen molar-refractivity contribution in [2.45, 2.75) is 13.1 Å². The van der Waals surface area contributed by atoms with Gasteiger partial charge in [-0.2, -0.15) is 0 Å². The molecule has 1 saturated heterocycles. The number of phenolic OH excluding ortho intramolecular Hbond substituents is 1. The number of piperazine rings is 1. The van der Waals surface area contributed by atoms with Gasteiger partial charge in [-0.15, -0.1) is 0 Å². The first kappa shape index (κ1) is 19.0. The second-order valence-corrected chi connectivity index (χ2v) is 7.13. The number of anilines is 1. The zero-order chi connectivity index (χ0) is 19.2. The van der Waals surface area contributed by atoms with E-state index in [0.29, 0.717) is 32.7 Å². The molecule has 144 valence electrons. The van der Waals surface area contributed by atoms with Crippen molar-refractivity contribution < 1.29 is 9.90 Å². The molecule has 0 saturated carbocycles. The molecule has 6 heteroatoms. The van der Waals surface area contributed by atoms with Gasteiger partial charge in [-0.3, -0.25) is 0 Å². The first-order chi connectivity index (χ1) is 13.0. The van der Waals surface area contributed by atoms with Gasteiger partial charge in [0, 0.05) is 39.3 Å². The van der Waals surface area contributed by atoms with Crippen LogP contribution in [0.15, 0.2) is 48.5 Å². The van der Waals surface area contributed by atoms with Crippen LogP contribution < -0.4 is 10.2 Å². The van der Waals surface area contributed by atoms with Crippen LogP contribution in [-0.2, 0) is 13.1 Å². The van der Waals surface area contributed by atoms with Crippen LogP contribution in [0.3, 0.4) is 0 Å². The van der Waals surface area contributed by atoms with Gasteiger partial charge in [0.1, 0.15) is 5.75 Å². The van der Waals surface area contributed by atoms with Crippen LogP contribution >= 0.6 is 0 Å². The van der Waals surface area contributed by atoms with Crippen molar-refractivity contribution >= 4 is 11.7 Å². The predicted molar refractivity (Wildman–Crippen MR) is 108 cm³/mol. The standard InChI is InChI=1S/C21H28N4O2/c1-23(2)16-18-8-4-3-7-17(18)15-22-21(27)25-13-11-24(12-14-25)19-9-5-6-10-20(19)26/h3-10,26H,11-16H2,1-2H3,(H,22,27). The largest absolute Gasteiger partial charge is 0.506 e. The number of aromatic hydroxyl groups is 1. The fourth-order valence-corrected chi connectivity index (χ4v) is 3.39. The molecule has 0 bridgehead atoms. The molecule has 2 N–H and O–H groups in total. The number of amides is 2. The number of urea groups is 1. The Labute approximate surface area is 161 Å². The number of benzene rings is 2. The molecule has 0 unspecified atom stereocenters. The van der Waals surface area contributed by atoms with E-state index in [2.05, 4.69) is 27.2 Å². The highest BCUT2D eigenvalue weighted by atomic mass is 16.3. The second kappa shape index (κ2) is 8.77. The van der Waals surface area contributed by atoms with Crippen molar-refractivity contribution in [1.82, 2.24) is 15.1 Å². The average molecular weight is 368 g/mol. The Kier molecular flexibility index (Phi) is 6.19. The molecule has 0 aliphatic carbocycles. The van der Waals surface area contributed by atoms with E-state index in [4.69, 9.17) is 0 Å². The van der Waals surface area contributed by atoms with E-state index in [1.54, 1.807) is 6.07 Å². The third kappa shape index (κ3) is 4.92. The average Bonchev–Trinajstić information content (AvgIpc) is 2.67. The molecule has 0 radical (unpaired) electrons. The zero-order valence-electron chi connectivity index (χ0n) is 16.1. The number of nitrogens with one attached hydrogen (secondary N) is 1. The molecule has 0 atom stereocenters. The minimum atomic E-state index is -0.0356. The lowest BCUT2D eigenvalue weighted by Crippen LogP contribution is -2.51. The number of phenols is 1. The molecular weight excluding hydrogens is 340 g/mol. The van der Waals surface area contributed by atoms with Gasteiger partial charge in [0.15, 0.2) is 0 Å². The van der Waals surface area contributed by atoms with Gasteiger partial charge >= 0.3 is 6.03 Å². The molecular formula is C21H28N4O2. The zero-order valence-corrected chi connectivity index (χ0v) is 16.1. The van der Waals surface area contributed by atoms with E-state index in [1.165, 1.54) is 5.56 Å². The molecule has 2 aromatic carbocycles. The van der Waals surface area contributed by atoms with Crippen LogP contribution in [0.2, 0.25) is 0 Å². The maximum Gasteiger partial charge on any atom is 0.317 e. The van der Waals surface area contributed by atoms with Crippen LogP contribution in [0.25, 0.3) is 0 Å². The summed E-state index contributed by atoms with van der Waals surface area (Å²) in [7, 11) is 4.08. The highest BCUT2D eigenvalue weighted by Gasteiger charge is 2.22. The van der Waals surface area contributed by atoms with Crippen LogP contribution in [0.5, 0.6) is 5.75 Å². The van der Waals surface area contributed by atoms with E-state index >= 15 is 0 Å². The minimum absolute atomic E-state index is 0.0356. The molecule has 1 aliphatic rings. The number of para-hydroxylation sites is 2. The highest BCUT2D eigenvalue weighted by Crippen LogP contribution is 2.27. The Morgan fingerprint density at radius 1 is 1.00 bits per heavy atom. The molecule has 1 heterocycles. The monoisotopic (exact) mass is 368 g/mol. The Bertz CT molecular complexity index is 770. The summed E-state index contributed by atoms with van der Waals surface area (Å²) in [6.07, 6.45) is 0. The maximum atomic E-state index is 12.6. The molecule has 27 heavy (non-hydrogen) atoms. The number of hydrogen-bond acceptors (Lipinski definition) is 4. The number of hydrogen-bond donors (Lipinski definition) is 2. The predicted octanol–water partition coefficient (Wildman–Crippen LogP) is 2.49. The lowest BCUT2D eigenvalue weighted by Gasteiger charge is -2.36. The summed E-state index contributed by atoms with van der Waals surface area (Å²) in [5.41, 5.74) is 3.20. The van der Waals surface area contributed by atoms with Crippen molar-refractivity contribution in [1.29, 1.82) is 0 Å². The Hall–Kier alpha value is -2.73. The van der Waals surface area contributed by atoms with Gasteiger partial charge in [0.05, 0.1) is 5.69 Å². The SMILES string of the molecule is CN(C)Cc1ccccc1CNC(=O)N1CCN(c2ccccc2O)CC1. The molecule has 3 rings (SSSR count). The smallest absolute Gasteiger partial charge is 0.317 e. The van der Waals surface area contributed by atoms with E-state index in [-0.39, 0.29) is 11.8 Å². The normalized spacial score (nSPS) is 14.5. The fraction of sp³-hybridized carbons (Fsp3) is 0.381. The molecule has 6 nitrogen and oxygen atoms in total. The number of carbonyl (C=O) groups is 1. The topological polar surface area (TPSA) is 59.1 Å². The minimum Gasteiger partial charge on any atom is -0.506 e. The number of nitrogens with zero attached hydrogens (tertiary/aromatic N) is 3. The third-order valence-corrected chi connectivity index (χ3v) is 4.82. The van der Waals surface area contributed by atoms with Gasteiger partial charge in [0.25, 0.3) is 0 Å². The second-order valence-electron chi connectivity index (χ2n) is 7.13. The van der Waals surface area contributed by atoms with E-state index in [9.17, 15) is 9.90 Å². The van der Waals surface area contributed by atoms with Crippen molar-refractivity contribution in [3.8, 4) is 5.75 Å². The first-order valence-electron chi connectivity index (χ1n) is 9.32. The summed E-state index contributed by atoms with van der Waals surface area (Å²) in [6, 6.07) is 15.5. The lowest BCUT2D eigenvalue weighted by atomic mass is 10.1. The summed E-state index contributed by atoms with van der Waals surface area (Å²) in [5, 5.41) is 13.0. The number of carbonyl (C=O) groups excluding carboxylic acids is 1. The molecule has 0 aromatic heterocycles. The lowest BCUT2D eigenvalue weighted by molar-refractivity contribution is 0.194. The van der Waals surface area contributed by atoms with Crippen molar-refractivity contribution in [3.05, 3.63) is 59.7 Å². The van der Waals surface area contributed by atoms with Crippen molar-refractivity contribution in [2.24, 2.45) is 0 Å². The van der Waals surface area contributed by atoms with Gasteiger partial charge in [0.2, 0.25) is 0 Å². The summed E-state index contributed by atoms with van der Waals surface area (Å²) < 4.78 is 0. The van der Waals surface area contributed by atoms with Crippen LogP contribution in [-0.4, -0.2) is 61.2 Å². The van der Waals surface area contributed by atoms with E-state index in [0.717, 1.165) is 17.8 Å². The Morgan fingerprint density at radius 3 is 2.30 bits per heavy atom. The van der Waals surface area contributed by atoms with Crippen LogP contribution in [0, 0.1) is 0 Å². The maximum absolute atomic E-state index is 12.6. The summed E-state index contributed by atoms with van der Waals surface area (Å²) in [4.78, 5) is 18.6. The number of rotatable bonds is 5. The Morgan fingerprint density at radius 2 is 1.63 bits per heavy atom. The molecule has 1 aliphatic heterocycles. The summed E-state index contributed by atoms with van der Waals surface area (Å²) in [5.74, 6) is 0.285. The molecule has 2 aromatic rings. The first-order valence-corrected chi connectivity index (χ1v) is 9.32. The van der Waals surface area contributed by atoms with Gasteiger partial charge in [-0.25, -0.2) is 4.79 Å². The Balaban J connectivity index is 1.53.